The maximum Gasteiger partial charge on any atom is 0.138 e. The topological polar surface area (TPSA) is 55.5 Å². The highest BCUT2D eigenvalue weighted by Crippen LogP contribution is 2.26. The number of aliphatic hydroxyl groups excluding tert-OH is 1. The molecule has 1 unspecified atom stereocenters. The SMILES string of the molecule is CCC(O)COc1ccc(N)cc1Cl. The maximum absolute atomic E-state index is 9.27. The zero-order valence-corrected chi connectivity index (χ0v) is 8.79. The van der Waals surface area contributed by atoms with Gasteiger partial charge in [0.1, 0.15) is 12.4 Å². The maximum atomic E-state index is 9.27. The molecule has 1 aromatic carbocycles. The van der Waals surface area contributed by atoms with Crippen LogP contribution >= 0.6 is 11.6 Å². The summed E-state index contributed by atoms with van der Waals surface area (Å²) in [4.78, 5) is 0. The van der Waals surface area contributed by atoms with Crippen LogP contribution in [0.2, 0.25) is 5.02 Å². The highest BCUT2D eigenvalue weighted by atomic mass is 35.5. The standard InChI is InChI=1S/C10H14ClNO2/c1-2-8(13)6-14-10-4-3-7(12)5-9(10)11/h3-5,8,13H,2,6,12H2,1H3. The molecule has 0 aliphatic rings. The summed E-state index contributed by atoms with van der Waals surface area (Å²) in [5.74, 6) is 0.549. The Morgan fingerprint density at radius 3 is 2.86 bits per heavy atom. The Morgan fingerprint density at radius 1 is 1.57 bits per heavy atom. The molecule has 4 heteroatoms. The molecule has 0 heterocycles. The number of anilines is 1. The lowest BCUT2D eigenvalue weighted by molar-refractivity contribution is 0.104. The molecule has 0 aliphatic heterocycles. The molecule has 14 heavy (non-hydrogen) atoms. The van der Waals surface area contributed by atoms with Crippen LogP contribution in [0.5, 0.6) is 5.75 Å². The minimum absolute atomic E-state index is 0.250. The van der Waals surface area contributed by atoms with Crippen LogP contribution in [-0.2, 0) is 0 Å². The Hall–Kier alpha value is -0.930. The molecule has 0 saturated heterocycles. The largest absolute Gasteiger partial charge is 0.489 e. The second-order valence-electron chi connectivity index (χ2n) is 3.06. The second-order valence-corrected chi connectivity index (χ2v) is 3.47. The van der Waals surface area contributed by atoms with Crippen LogP contribution in [0.3, 0.4) is 0 Å². The molecular formula is C10H14ClNO2. The van der Waals surface area contributed by atoms with Crippen molar-refractivity contribution >= 4 is 17.3 Å². The first-order valence-electron chi connectivity index (χ1n) is 4.49. The molecule has 3 N–H and O–H groups in total. The lowest BCUT2D eigenvalue weighted by atomic mass is 10.3. The zero-order chi connectivity index (χ0) is 10.6. The van der Waals surface area contributed by atoms with Gasteiger partial charge in [-0.05, 0) is 24.6 Å². The predicted octanol–water partition coefficient (Wildman–Crippen LogP) is 2.07. The number of halogens is 1. The summed E-state index contributed by atoms with van der Waals surface area (Å²) in [5, 5.41) is 9.74. The predicted molar refractivity (Wildman–Crippen MR) is 57.7 cm³/mol. The first-order chi connectivity index (χ1) is 6.63. The van der Waals surface area contributed by atoms with Crippen molar-refractivity contribution in [1.82, 2.24) is 0 Å². The monoisotopic (exact) mass is 215 g/mol. The zero-order valence-electron chi connectivity index (χ0n) is 8.03. The Labute approximate surface area is 88.4 Å². The molecule has 0 amide bonds. The molecule has 1 aromatic rings. The van der Waals surface area contributed by atoms with Crippen LogP contribution in [-0.4, -0.2) is 17.8 Å². The van der Waals surface area contributed by atoms with E-state index in [0.29, 0.717) is 22.9 Å². The highest BCUT2D eigenvalue weighted by molar-refractivity contribution is 6.32. The van der Waals surface area contributed by atoms with Crippen molar-refractivity contribution in [1.29, 1.82) is 0 Å². The van der Waals surface area contributed by atoms with Gasteiger partial charge in [0.25, 0.3) is 0 Å². The fraction of sp³-hybridized carbons (Fsp3) is 0.400. The van der Waals surface area contributed by atoms with Crippen LogP contribution in [0.15, 0.2) is 18.2 Å². The average molecular weight is 216 g/mol. The van der Waals surface area contributed by atoms with E-state index in [1.807, 2.05) is 6.92 Å². The van der Waals surface area contributed by atoms with Crippen LogP contribution < -0.4 is 10.5 Å². The van der Waals surface area contributed by atoms with Crippen LogP contribution in [0, 0.1) is 0 Å². The van der Waals surface area contributed by atoms with Gasteiger partial charge >= 0.3 is 0 Å². The Kier molecular flexibility index (Phi) is 4.04. The van der Waals surface area contributed by atoms with Crippen molar-refractivity contribution < 1.29 is 9.84 Å². The average Bonchev–Trinajstić information content (AvgIpc) is 2.16. The van der Waals surface area contributed by atoms with Crippen molar-refractivity contribution in [2.45, 2.75) is 19.4 Å². The summed E-state index contributed by atoms with van der Waals surface area (Å²) in [6, 6.07) is 5.02. The lowest BCUT2D eigenvalue weighted by Crippen LogP contribution is -2.16. The minimum atomic E-state index is -0.455. The molecule has 0 fully saturated rings. The van der Waals surface area contributed by atoms with Gasteiger partial charge in [-0.3, -0.25) is 0 Å². The van der Waals surface area contributed by atoms with E-state index in [0.717, 1.165) is 0 Å². The molecule has 3 nitrogen and oxygen atoms in total. The third kappa shape index (κ3) is 3.09. The number of hydrogen-bond donors (Lipinski definition) is 2. The van der Waals surface area contributed by atoms with Crippen molar-refractivity contribution in [3.8, 4) is 5.75 Å². The highest BCUT2D eigenvalue weighted by Gasteiger charge is 2.05. The van der Waals surface area contributed by atoms with Crippen molar-refractivity contribution in [2.75, 3.05) is 12.3 Å². The minimum Gasteiger partial charge on any atom is -0.489 e. The lowest BCUT2D eigenvalue weighted by Gasteiger charge is -2.11. The number of aliphatic hydroxyl groups is 1. The normalized spacial score (nSPS) is 12.5. The van der Waals surface area contributed by atoms with Gasteiger partial charge in [0.05, 0.1) is 11.1 Å². The molecule has 0 aromatic heterocycles. The van der Waals surface area contributed by atoms with E-state index in [4.69, 9.17) is 22.1 Å². The fourth-order valence-corrected chi connectivity index (χ4v) is 1.18. The molecule has 0 radical (unpaired) electrons. The number of nitrogen functional groups attached to an aromatic ring is 1. The molecule has 0 saturated carbocycles. The summed E-state index contributed by atoms with van der Waals surface area (Å²) in [7, 11) is 0. The third-order valence-corrected chi connectivity index (χ3v) is 2.15. The Morgan fingerprint density at radius 2 is 2.29 bits per heavy atom. The van der Waals surface area contributed by atoms with Gasteiger partial charge in [-0.15, -0.1) is 0 Å². The summed E-state index contributed by atoms with van der Waals surface area (Å²) < 4.78 is 5.31. The Balaban J connectivity index is 2.59. The van der Waals surface area contributed by atoms with Gasteiger partial charge in [0, 0.05) is 5.69 Å². The number of nitrogens with two attached hydrogens (primary N) is 1. The number of rotatable bonds is 4. The molecular weight excluding hydrogens is 202 g/mol. The van der Waals surface area contributed by atoms with Gasteiger partial charge in [-0.2, -0.15) is 0 Å². The van der Waals surface area contributed by atoms with E-state index in [-0.39, 0.29) is 6.61 Å². The first kappa shape index (κ1) is 11.1. The first-order valence-corrected chi connectivity index (χ1v) is 4.87. The van der Waals surface area contributed by atoms with Gasteiger partial charge in [0.15, 0.2) is 0 Å². The van der Waals surface area contributed by atoms with Crippen LogP contribution in [0.4, 0.5) is 5.69 Å². The Bertz CT molecular complexity index is 304. The third-order valence-electron chi connectivity index (χ3n) is 1.86. The van der Waals surface area contributed by atoms with Gasteiger partial charge in [-0.25, -0.2) is 0 Å². The van der Waals surface area contributed by atoms with E-state index in [2.05, 4.69) is 0 Å². The van der Waals surface area contributed by atoms with Gasteiger partial charge in [-0.1, -0.05) is 18.5 Å². The van der Waals surface area contributed by atoms with Crippen LogP contribution in [0.1, 0.15) is 13.3 Å². The molecule has 0 bridgehead atoms. The molecule has 1 rings (SSSR count). The molecule has 0 aliphatic carbocycles. The van der Waals surface area contributed by atoms with Crippen molar-refractivity contribution in [2.24, 2.45) is 0 Å². The van der Waals surface area contributed by atoms with Gasteiger partial charge in [0.2, 0.25) is 0 Å². The molecule has 0 spiro atoms. The van der Waals surface area contributed by atoms with E-state index in [1.54, 1.807) is 18.2 Å². The summed E-state index contributed by atoms with van der Waals surface area (Å²) in [5.41, 5.74) is 6.12. The van der Waals surface area contributed by atoms with Crippen LogP contribution in [0.25, 0.3) is 0 Å². The number of ether oxygens (including phenoxy) is 1. The van der Waals surface area contributed by atoms with E-state index in [9.17, 15) is 5.11 Å². The quantitative estimate of drug-likeness (QED) is 0.757. The second kappa shape index (κ2) is 5.08. The summed E-state index contributed by atoms with van der Waals surface area (Å²) >= 11 is 5.87. The summed E-state index contributed by atoms with van der Waals surface area (Å²) in [6.07, 6.45) is 0.204. The van der Waals surface area contributed by atoms with Crippen molar-refractivity contribution in [3.05, 3.63) is 23.2 Å². The fourth-order valence-electron chi connectivity index (χ4n) is 0.938. The molecule has 1 atom stereocenters. The van der Waals surface area contributed by atoms with E-state index >= 15 is 0 Å². The van der Waals surface area contributed by atoms with E-state index < -0.39 is 6.10 Å². The van der Waals surface area contributed by atoms with Crippen molar-refractivity contribution in [3.63, 3.8) is 0 Å². The number of hydrogen-bond acceptors (Lipinski definition) is 3. The number of benzene rings is 1. The smallest absolute Gasteiger partial charge is 0.138 e. The molecule has 78 valence electrons. The van der Waals surface area contributed by atoms with E-state index in [1.165, 1.54) is 0 Å². The summed E-state index contributed by atoms with van der Waals surface area (Å²) in [6.45, 7) is 2.14. The van der Waals surface area contributed by atoms with Gasteiger partial charge < -0.3 is 15.6 Å².